The van der Waals surface area contributed by atoms with Crippen LogP contribution in [0.1, 0.15) is 70.7 Å². The van der Waals surface area contributed by atoms with Gasteiger partial charge >= 0.3 is 6.09 Å². The average molecular weight is 618 g/mol. The van der Waals surface area contributed by atoms with Crippen molar-refractivity contribution in [2.75, 3.05) is 5.32 Å². The highest BCUT2D eigenvalue weighted by Gasteiger charge is 2.44. The quantitative estimate of drug-likeness (QED) is 0.179. The van der Waals surface area contributed by atoms with Gasteiger partial charge < -0.3 is 20.3 Å². The summed E-state index contributed by atoms with van der Waals surface area (Å²) in [5, 5.41) is 7.88. The average Bonchev–Trinajstić information content (AvgIpc) is 3.02. The Morgan fingerprint density at radius 3 is 2.13 bits per heavy atom. The van der Waals surface area contributed by atoms with E-state index in [1.807, 2.05) is 93.6 Å². The van der Waals surface area contributed by atoms with Crippen LogP contribution in [0.15, 0.2) is 97.1 Å². The molecule has 0 spiro atoms. The van der Waals surface area contributed by atoms with Gasteiger partial charge in [0, 0.05) is 23.2 Å². The summed E-state index contributed by atoms with van der Waals surface area (Å²) in [6, 6.07) is 27.9. The van der Waals surface area contributed by atoms with Crippen molar-refractivity contribution in [3.05, 3.63) is 114 Å². The molecule has 4 rings (SSSR count). The van der Waals surface area contributed by atoms with Crippen molar-refractivity contribution in [2.24, 2.45) is 0 Å². The number of benzene rings is 4. The maximum atomic E-state index is 14.9. The molecule has 0 saturated heterocycles. The largest absolute Gasteiger partial charge is 0.444 e. The van der Waals surface area contributed by atoms with E-state index in [0.29, 0.717) is 23.2 Å². The lowest BCUT2D eigenvalue weighted by Gasteiger charge is -2.45. The van der Waals surface area contributed by atoms with Crippen molar-refractivity contribution >= 4 is 34.4 Å². The number of alkyl carbamates (subject to hydrolysis) is 1. The molecule has 0 aliphatic carbocycles. The number of hydrogen-bond acceptors (Lipinski definition) is 4. The van der Waals surface area contributed by atoms with E-state index < -0.39 is 41.1 Å². The Morgan fingerprint density at radius 1 is 0.848 bits per heavy atom. The number of rotatable bonds is 10. The molecule has 3 amide bonds. The molecule has 0 aliphatic heterocycles. The van der Waals surface area contributed by atoms with Gasteiger partial charge in [-0.25, -0.2) is 4.79 Å². The van der Waals surface area contributed by atoms with E-state index in [4.69, 9.17) is 11.2 Å². The summed E-state index contributed by atoms with van der Waals surface area (Å²) >= 11 is 0. The third kappa shape index (κ3) is 8.33. The lowest BCUT2D eigenvalue weighted by molar-refractivity contribution is -0.147. The summed E-state index contributed by atoms with van der Waals surface area (Å²) in [7, 11) is 0. The Bertz CT molecular complexity index is 1730. The molecule has 0 radical (unpaired) electrons. The zero-order chi connectivity index (χ0) is 33.5. The van der Waals surface area contributed by atoms with Crippen molar-refractivity contribution in [3.8, 4) is 12.3 Å². The Balaban J connectivity index is 1.84. The Kier molecular flexibility index (Phi) is 10.5. The molecule has 0 heterocycles. The zero-order valence-corrected chi connectivity index (χ0v) is 27.5. The lowest BCUT2D eigenvalue weighted by atomic mass is 9.89. The molecule has 238 valence electrons. The van der Waals surface area contributed by atoms with Gasteiger partial charge in [0.1, 0.15) is 17.7 Å². The third-order valence-electron chi connectivity index (χ3n) is 7.96. The van der Waals surface area contributed by atoms with Crippen LogP contribution in [0.3, 0.4) is 0 Å². The minimum atomic E-state index is -1.13. The maximum Gasteiger partial charge on any atom is 0.408 e. The van der Waals surface area contributed by atoms with Gasteiger partial charge in [0.25, 0.3) is 5.91 Å². The monoisotopic (exact) mass is 617 g/mol. The van der Waals surface area contributed by atoms with Crippen molar-refractivity contribution in [3.63, 3.8) is 0 Å². The molecule has 7 heteroatoms. The van der Waals surface area contributed by atoms with Gasteiger partial charge in [-0.15, -0.1) is 6.42 Å². The molecule has 0 bridgehead atoms. The molecule has 2 atom stereocenters. The Labute approximate surface area is 272 Å². The molecule has 0 fully saturated rings. The van der Waals surface area contributed by atoms with Crippen LogP contribution in [0, 0.1) is 12.3 Å². The van der Waals surface area contributed by atoms with Gasteiger partial charge in [-0.3, -0.25) is 9.59 Å². The van der Waals surface area contributed by atoms with Crippen LogP contribution < -0.4 is 10.6 Å². The van der Waals surface area contributed by atoms with Crippen molar-refractivity contribution in [1.29, 1.82) is 0 Å². The maximum absolute atomic E-state index is 14.9. The second-order valence-electron chi connectivity index (χ2n) is 12.9. The zero-order valence-electron chi connectivity index (χ0n) is 27.5. The number of ether oxygens (including phenoxy) is 1. The molecule has 4 aromatic rings. The summed E-state index contributed by atoms with van der Waals surface area (Å²) in [5.41, 5.74) is 0.809. The summed E-state index contributed by atoms with van der Waals surface area (Å²) in [5.74, 6) is 1.84. The van der Waals surface area contributed by atoms with Gasteiger partial charge in [0.2, 0.25) is 5.91 Å². The van der Waals surface area contributed by atoms with Crippen LogP contribution in [0.5, 0.6) is 0 Å². The molecular weight excluding hydrogens is 574 g/mol. The number of hydrogen-bond donors (Lipinski definition) is 2. The third-order valence-corrected chi connectivity index (χ3v) is 7.96. The number of anilines is 1. The van der Waals surface area contributed by atoms with Crippen LogP contribution in [0.2, 0.25) is 0 Å². The normalized spacial score (nSPS) is 12.8. The van der Waals surface area contributed by atoms with Crippen molar-refractivity contribution in [2.45, 2.75) is 77.6 Å². The minimum Gasteiger partial charge on any atom is -0.444 e. The van der Waals surface area contributed by atoms with Crippen LogP contribution in [-0.2, 0) is 20.7 Å². The predicted octanol–water partition coefficient (Wildman–Crippen LogP) is 7.65. The fraction of sp³-hybridized carbons (Fsp3) is 0.308. The number of fused-ring (bicyclic) bond motifs is 1. The second-order valence-corrected chi connectivity index (χ2v) is 12.9. The molecular formula is C39H43N3O4. The molecule has 0 aromatic heterocycles. The van der Waals surface area contributed by atoms with E-state index in [0.717, 1.165) is 16.3 Å². The van der Waals surface area contributed by atoms with E-state index in [2.05, 4.69) is 16.6 Å². The van der Waals surface area contributed by atoms with Gasteiger partial charge in [0.05, 0.1) is 0 Å². The number of nitrogens with zero attached hydrogens (tertiary/aromatic N) is 1. The number of amides is 3. The molecule has 46 heavy (non-hydrogen) atoms. The first-order valence-electron chi connectivity index (χ1n) is 15.5. The van der Waals surface area contributed by atoms with E-state index in [-0.39, 0.29) is 6.42 Å². The summed E-state index contributed by atoms with van der Waals surface area (Å²) in [6.07, 6.45) is 5.92. The molecule has 0 saturated carbocycles. The number of carbonyl (C=O) groups is 3. The summed E-state index contributed by atoms with van der Waals surface area (Å²) in [6.45, 7) is 11.1. The molecule has 4 aromatic carbocycles. The molecule has 7 nitrogen and oxygen atoms in total. The van der Waals surface area contributed by atoms with E-state index in [1.165, 1.54) is 0 Å². The first kappa shape index (κ1) is 33.8. The Morgan fingerprint density at radius 2 is 1.48 bits per heavy atom. The fourth-order valence-electron chi connectivity index (χ4n) is 5.36. The number of carbonyl (C=O) groups excluding carboxylic acids is 3. The van der Waals surface area contributed by atoms with Crippen LogP contribution in [-0.4, -0.2) is 40.0 Å². The fourth-order valence-corrected chi connectivity index (χ4v) is 5.36. The smallest absolute Gasteiger partial charge is 0.408 e. The van der Waals surface area contributed by atoms with Crippen LogP contribution in [0.25, 0.3) is 10.8 Å². The van der Waals surface area contributed by atoms with Crippen molar-refractivity contribution < 1.29 is 19.1 Å². The number of nitrogens with one attached hydrogen (secondary N) is 2. The van der Waals surface area contributed by atoms with E-state index in [1.54, 1.807) is 49.9 Å². The highest BCUT2D eigenvalue weighted by Crippen LogP contribution is 2.35. The first-order chi connectivity index (χ1) is 21.8. The highest BCUT2D eigenvalue weighted by atomic mass is 16.6. The van der Waals surface area contributed by atoms with Gasteiger partial charge in [-0.05, 0) is 81.1 Å². The SMILES string of the molecule is C#Cc1ccccc1C(C(=O)Nc1ccc2ccccc2c1)N(C(=O)C(Cc1ccccc1)NC(=O)OC(C)(C)C)C(C)(C)CC. The predicted molar refractivity (Wildman–Crippen MR) is 184 cm³/mol. The summed E-state index contributed by atoms with van der Waals surface area (Å²) < 4.78 is 5.56. The summed E-state index contributed by atoms with van der Waals surface area (Å²) in [4.78, 5) is 44.1. The molecule has 2 N–H and O–H groups in total. The lowest BCUT2D eigenvalue weighted by Crippen LogP contribution is -2.59. The van der Waals surface area contributed by atoms with Gasteiger partial charge in [-0.1, -0.05) is 91.7 Å². The van der Waals surface area contributed by atoms with Gasteiger partial charge in [0.15, 0.2) is 0 Å². The highest BCUT2D eigenvalue weighted by molar-refractivity contribution is 6.01. The first-order valence-corrected chi connectivity index (χ1v) is 15.5. The van der Waals surface area contributed by atoms with E-state index in [9.17, 15) is 14.4 Å². The number of terminal acetylenes is 1. The molecule has 0 aliphatic rings. The van der Waals surface area contributed by atoms with Crippen LogP contribution >= 0.6 is 0 Å². The Hall–Kier alpha value is -5.09. The van der Waals surface area contributed by atoms with Gasteiger partial charge in [-0.2, -0.15) is 0 Å². The topological polar surface area (TPSA) is 87.7 Å². The van der Waals surface area contributed by atoms with Crippen molar-refractivity contribution in [1.82, 2.24) is 10.2 Å². The standard InChI is InChI=1S/C39H43N3O4/c1-8-28-19-15-16-22-32(28)34(35(43)40-31-24-23-29-20-13-14-21-30(29)26-31)42(39(6,7)9-2)36(44)33(25-27-17-11-10-12-18-27)41-37(45)46-38(3,4)5/h1,10-24,26,33-34H,9,25H2,2-7H3,(H,40,43)(H,41,45). The molecule has 2 unspecified atom stereocenters. The van der Waals surface area contributed by atoms with E-state index >= 15 is 0 Å². The minimum absolute atomic E-state index is 0.186. The second kappa shape index (κ2) is 14.3. The van der Waals surface area contributed by atoms with Crippen LogP contribution in [0.4, 0.5) is 10.5 Å².